The second-order valence-electron chi connectivity index (χ2n) is 4.61. The summed E-state index contributed by atoms with van der Waals surface area (Å²) in [5.41, 5.74) is 0. The number of amides is 2. The van der Waals surface area contributed by atoms with Crippen LogP contribution in [0, 0.1) is 5.92 Å². The van der Waals surface area contributed by atoms with Gasteiger partial charge in [-0.25, -0.2) is 9.59 Å². The van der Waals surface area contributed by atoms with Crippen molar-refractivity contribution in [3.8, 4) is 0 Å². The minimum atomic E-state index is -1.02. The van der Waals surface area contributed by atoms with Gasteiger partial charge in [0.25, 0.3) is 0 Å². The predicted octanol–water partition coefficient (Wildman–Crippen LogP) is 2.22. The summed E-state index contributed by atoms with van der Waals surface area (Å²) in [6, 6.07) is 2.69. The minimum Gasteiger partial charge on any atom is -0.480 e. The Kier molecular flexibility index (Phi) is 5.82. The van der Waals surface area contributed by atoms with E-state index in [1.807, 2.05) is 12.1 Å². The van der Waals surface area contributed by atoms with Crippen LogP contribution in [0.1, 0.15) is 30.5 Å². The highest BCUT2D eigenvalue weighted by molar-refractivity contribution is 7.11. The fraction of sp³-hybridized carbons (Fsp3) is 0.538. The number of carbonyl (C=O) groups excluding carboxylic acids is 1. The highest BCUT2D eigenvalue weighted by Crippen LogP contribution is 2.16. The van der Waals surface area contributed by atoms with Gasteiger partial charge in [0, 0.05) is 9.75 Å². The zero-order valence-corrected chi connectivity index (χ0v) is 12.2. The minimum absolute atomic E-state index is 0.156. The Labute approximate surface area is 117 Å². The first kappa shape index (κ1) is 15.5. The van der Waals surface area contributed by atoms with Crippen LogP contribution in [0.3, 0.4) is 0 Å². The van der Waals surface area contributed by atoms with Gasteiger partial charge in [0.05, 0.1) is 6.54 Å². The van der Waals surface area contributed by atoms with Crippen molar-refractivity contribution in [1.82, 2.24) is 10.6 Å². The van der Waals surface area contributed by atoms with E-state index in [0.717, 1.165) is 11.3 Å². The smallest absolute Gasteiger partial charge is 0.326 e. The lowest BCUT2D eigenvalue weighted by Crippen LogP contribution is -2.48. The lowest BCUT2D eigenvalue weighted by atomic mass is 10.1. The predicted molar refractivity (Wildman–Crippen MR) is 75.3 cm³/mol. The van der Waals surface area contributed by atoms with E-state index in [1.54, 1.807) is 25.2 Å². The molecule has 0 fully saturated rings. The average Bonchev–Trinajstić information content (AvgIpc) is 2.80. The van der Waals surface area contributed by atoms with Crippen molar-refractivity contribution in [1.29, 1.82) is 0 Å². The number of urea groups is 1. The Hall–Kier alpha value is -1.56. The summed E-state index contributed by atoms with van der Waals surface area (Å²) >= 11 is 1.65. The second kappa shape index (κ2) is 7.13. The van der Waals surface area contributed by atoms with Gasteiger partial charge in [0.15, 0.2) is 0 Å². The van der Waals surface area contributed by atoms with E-state index < -0.39 is 18.0 Å². The SMILES string of the molecule is CCc1ccc(CNC(=O)N[C@@H](C(=O)O)C(C)C)s1. The Morgan fingerprint density at radius 3 is 2.42 bits per heavy atom. The van der Waals surface area contributed by atoms with Gasteiger partial charge in [-0.05, 0) is 24.5 Å². The number of carboxylic acid groups (broad SMARTS) is 1. The Morgan fingerprint density at radius 2 is 1.95 bits per heavy atom. The molecule has 0 bridgehead atoms. The van der Waals surface area contributed by atoms with Crippen LogP contribution in [0.25, 0.3) is 0 Å². The van der Waals surface area contributed by atoms with Crippen LogP contribution in [0.2, 0.25) is 0 Å². The van der Waals surface area contributed by atoms with E-state index in [9.17, 15) is 9.59 Å². The van der Waals surface area contributed by atoms with Gasteiger partial charge in [0.1, 0.15) is 6.04 Å². The molecule has 2 amide bonds. The average molecular weight is 284 g/mol. The number of thiophene rings is 1. The van der Waals surface area contributed by atoms with Gasteiger partial charge < -0.3 is 15.7 Å². The standard InChI is InChI=1S/C13H20N2O3S/c1-4-9-5-6-10(19-9)7-14-13(18)15-11(8(2)3)12(16)17/h5-6,8,11H,4,7H2,1-3H3,(H,16,17)(H2,14,15,18)/t11-/m1/s1. The molecule has 0 aliphatic heterocycles. The molecule has 0 saturated carbocycles. The lowest BCUT2D eigenvalue weighted by Gasteiger charge is -2.18. The van der Waals surface area contributed by atoms with Crippen LogP contribution in [0.5, 0.6) is 0 Å². The third-order valence-corrected chi connectivity index (χ3v) is 3.94. The van der Waals surface area contributed by atoms with Gasteiger partial charge in [-0.1, -0.05) is 20.8 Å². The molecule has 0 unspecified atom stereocenters. The first-order chi connectivity index (χ1) is 8.93. The van der Waals surface area contributed by atoms with Gasteiger partial charge >= 0.3 is 12.0 Å². The molecule has 1 atom stereocenters. The van der Waals surface area contributed by atoms with Crippen molar-refractivity contribution in [2.75, 3.05) is 0 Å². The number of carbonyl (C=O) groups is 2. The number of aliphatic carboxylic acids is 1. The highest BCUT2D eigenvalue weighted by Gasteiger charge is 2.23. The lowest BCUT2D eigenvalue weighted by molar-refractivity contribution is -0.140. The maximum Gasteiger partial charge on any atom is 0.326 e. The van der Waals surface area contributed by atoms with E-state index in [2.05, 4.69) is 17.6 Å². The molecule has 1 aromatic rings. The highest BCUT2D eigenvalue weighted by atomic mass is 32.1. The summed E-state index contributed by atoms with van der Waals surface area (Å²) in [6.45, 7) is 6.01. The third-order valence-electron chi connectivity index (χ3n) is 2.71. The molecule has 0 aliphatic carbocycles. The number of carboxylic acids is 1. The van der Waals surface area contributed by atoms with E-state index in [1.165, 1.54) is 4.88 Å². The molecule has 5 nitrogen and oxygen atoms in total. The molecule has 1 heterocycles. The summed E-state index contributed by atoms with van der Waals surface area (Å²) in [7, 11) is 0. The number of nitrogens with one attached hydrogen (secondary N) is 2. The van der Waals surface area contributed by atoms with Crippen molar-refractivity contribution < 1.29 is 14.7 Å². The zero-order valence-electron chi connectivity index (χ0n) is 11.4. The molecule has 106 valence electrons. The molecular weight excluding hydrogens is 264 g/mol. The van der Waals surface area contributed by atoms with Gasteiger partial charge in [-0.15, -0.1) is 11.3 Å². The molecule has 0 aliphatic rings. The maximum absolute atomic E-state index is 11.6. The van der Waals surface area contributed by atoms with E-state index in [4.69, 9.17) is 5.11 Å². The Morgan fingerprint density at radius 1 is 1.32 bits per heavy atom. The topological polar surface area (TPSA) is 78.4 Å². The van der Waals surface area contributed by atoms with Crippen LogP contribution in [-0.4, -0.2) is 23.1 Å². The second-order valence-corrected chi connectivity index (χ2v) is 5.86. The number of aryl methyl sites for hydroxylation is 1. The van der Waals surface area contributed by atoms with Gasteiger partial charge in [-0.3, -0.25) is 0 Å². The van der Waals surface area contributed by atoms with Crippen molar-refractivity contribution in [2.45, 2.75) is 39.8 Å². The van der Waals surface area contributed by atoms with Crippen LogP contribution >= 0.6 is 11.3 Å². The first-order valence-electron chi connectivity index (χ1n) is 6.28. The molecule has 0 aromatic carbocycles. The summed E-state index contributed by atoms with van der Waals surface area (Å²) < 4.78 is 0. The van der Waals surface area contributed by atoms with Crippen molar-refractivity contribution in [2.24, 2.45) is 5.92 Å². The Balaban J connectivity index is 2.44. The summed E-state index contributed by atoms with van der Waals surface area (Å²) in [4.78, 5) is 24.9. The molecule has 1 rings (SSSR count). The maximum atomic E-state index is 11.6. The summed E-state index contributed by atoms with van der Waals surface area (Å²) in [5.74, 6) is -1.17. The normalized spacial score (nSPS) is 12.2. The number of rotatable bonds is 6. The fourth-order valence-electron chi connectivity index (χ4n) is 1.58. The quantitative estimate of drug-likeness (QED) is 0.749. The molecule has 1 aromatic heterocycles. The van der Waals surface area contributed by atoms with Crippen LogP contribution in [0.4, 0.5) is 4.79 Å². The van der Waals surface area contributed by atoms with Crippen molar-refractivity contribution in [3.05, 3.63) is 21.9 Å². The van der Waals surface area contributed by atoms with E-state index in [0.29, 0.717) is 6.54 Å². The van der Waals surface area contributed by atoms with Crippen LogP contribution < -0.4 is 10.6 Å². The van der Waals surface area contributed by atoms with Crippen molar-refractivity contribution >= 4 is 23.3 Å². The molecule has 19 heavy (non-hydrogen) atoms. The molecule has 3 N–H and O–H groups in total. The molecule has 0 radical (unpaired) electrons. The largest absolute Gasteiger partial charge is 0.480 e. The monoisotopic (exact) mass is 284 g/mol. The van der Waals surface area contributed by atoms with E-state index in [-0.39, 0.29) is 5.92 Å². The molecule has 6 heteroatoms. The molecular formula is C13H20N2O3S. The van der Waals surface area contributed by atoms with Crippen LogP contribution in [-0.2, 0) is 17.8 Å². The molecule has 0 saturated heterocycles. The summed E-state index contributed by atoms with van der Waals surface area (Å²) in [6.07, 6.45) is 0.977. The first-order valence-corrected chi connectivity index (χ1v) is 7.10. The van der Waals surface area contributed by atoms with E-state index >= 15 is 0 Å². The number of hydrogen-bond donors (Lipinski definition) is 3. The van der Waals surface area contributed by atoms with Crippen LogP contribution in [0.15, 0.2) is 12.1 Å². The number of hydrogen-bond acceptors (Lipinski definition) is 3. The Bertz CT molecular complexity index is 443. The molecule has 0 spiro atoms. The summed E-state index contributed by atoms with van der Waals surface area (Å²) in [5, 5.41) is 14.1. The third kappa shape index (κ3) is 4.90. The zero-order chi connectivity index (χ0) is 14.4. The van der Waals surface area contributed by atoms with Gasteiger partial charge in [0.2, 0.25) is 0 Å². The fourth-order valence-corrected chi connectivity index (χ4v) is 2.48. The van der Waals surface area contributed by atoms with Crippen molar-refractivity contribution in [3.63, 3.8) is 0 Å². The van der Waals surface area contributed by atoms with Gasteiger partial charge in [-0.2, -0.15) is 0 Å².